The number of nitrogens with one attached hydrogen (secondary N) is 2. The molecule has 0 aliphatic heterocycles. The lowest BCUT2D eigenvalue weighted by atomic mass is 10.0. The van der Waals surface area contributed by atoms with E-state index in [1.54, 1.807) is 81.9 Å². The Morgan fingerprint density at radius 3 is 1.02 bits per heavy atom. The van der Waals surface area contributed by atoms with E-state index in [2.05, 4.69) is 102 Å². The van der Waals surface area contributed by atoms with Gasteiger partial charge in [-0.3, -0.25) is 9.13 Å². The minimum atomic E-state index is -3.37. The number of para-hydroxylation sites is 4. The summed E-state index contributed by atoms with van der Waals surface area (Å²) in [6, 6.07) is 92.7. The van der Waals surface area contributed by atoms with Crippen molar-refractivity contribution in [1.82, 2.24) is 19.1 Å². The van der Waals surface area contributed by atoms with Gasteiger partial charge in [-0.1, -0.05) is 197 Å². The van der Waals surface area contributed by atoms with Crippen LogP contribution in [0.2, 0.25) is 0 Å². The number of fused-ring (bicyclic) bond motifs is 2. The Bertz CT molecular complexity index is 4870. The average molecular weight is 1290 g/mol. The van der Waals surface area contributed by atoms with Gasteiger partial charge in [-0.05, 0) is 212 Å². The molecular formula is C83H80N4O8S. The number of aromatic hydroxyl groups is 2. The number of hydrogen-bond acceptors (Lipinski definition) is 8. The Hall–Kier alpha value is -11.7. The van der Waals surface area contributed by atoms with E-state index in [1.165, 1.54) is 27.8 Å². The first kappa shape index (κ1) is 70.2. The first-order chi connectivity index (χ1) is 45.1. The Morgan fingerprint density at radius 1 is 0.365 bits per heavy atom. The van der Waals surface area contributed by atoms with E-state index >= 15 is 0 Å². The molecular weight excluding hydrogens is 1210 g/mol. The molecule has 0 aliphatic carbocycles. The van der Waals surface area contributed by atoms with Crippen molar-refractivity contribution in [1.29, 1.82) is 0 Å². The fraction of sp³-hybridized carbons (Fsp3) is 0.108. The van der Waals surface area contributed by atoms with Crippen molar-refractivity contribution in [2.24, 2.45) is 7.05 Å². The van der Waals surface area contributed by atoms with Crippen molar-refractivity contribution in [3.8, 4) is 62.4 Å². The SMILES string of the molecule is C.C.C.Cc1ccc(Cc2ccc(Oc3ccc(-c4ccc(Oc5ccc(Cc6ccc(-n7c(=O)n(C)c8ccccc87)cc6)cc5)cc4)cc3)cc2)cc1.Cc1ccc(S(=O)(=O)c2ccc(C)cc2)cc1.O=c1[nH]c2ccccc2[nH]1.Oc1ccc(-c2ccc(O)cc2)cc1. The predicted octanol–water partition coefficient (Wildman–Crippen LogP) is 19.7. The van der Waals surface area contributed by atoms with Gasteiger partial charge in [0.1, 0.15) is 34.5 Å². The number of benzene rings is 12. The van der Waals surface area contributed by atoms with Crippen LogP contribution >= 0.6 is 0 Å². The van der Waals surface area contributed by atoms with Crippen LogP contribution in [0.3, 0.4) is 0 Å². The number of phenols is 2. The van der Waals surface area contributed by atoms with E-state index in [4.69, 9.17) is 19.7 Å². The highest BCUT2D eigenvalue weighted by atomic mass is 32.2. The molecule has 14 aromatic rings. The number of nitrogens with zero attached hydrogens (tertiary/aromatic N) is 2. The maximum Gasteiger partial charge on any atom is 0.333 e. The summed E-state index contributed by atoms with van der Waals surface area (Å²) in [6.45, 7) is 5.98. The predicted molar refractivity (Wildman–Crippen MR) is 392 cm³/mol. The quantitative estimate of drug-likeness (QED) is 0.0884. The van der Waals surface area contributed by atoms with Crippen LogP contribution in [0.25, 0.3) is 50.0 Å². The number of sulfone groups is 1. The normalized spacial score (nSPS) is 10.6. The molecule has 0 saturated carbocycles. The minimum Gasteiger partial charge on any atom is -0.508 e. The molecule has 2 aromatic heterocycles. The second kappa shape index (κ2) is 32.3. The lowest BCUT2D eigenvalue weighted by Crippen LogP contribution is -2.20. The van der Waals surface area contributed by atoms with Gasteiger partial charge in [0.15, 0.2) is 0 Å². The van der Waals surface area contributed by atoms with Crippen LogP contribution in [0.4, 0.5) is 0 Å². The number of ether oxygens (including phenoxy) is 2. The summed E-state index contributed by atoms with van der Waals surface area (Å²) < 4.78 is 40.2. The molecule has 0 amide bonds. The molecule has 0 atom stereocenters. The van der Waals surface area contributed by atoms with Gasteiger partial charge in [-0.25, -0.2) is 18.0 Å². The van der Waals surface area contributed by atoms with Gasteiger partial charge >= 0.3 is 11.4 Å². The fourth-order valence-corrected chi connectivity index (χ4v) is 11.7. The topological polar surface area (TPSA) is 169 Å². The molecule has 14 rings (SSSR count). The largest absolute Gasteiger partial charge is 0.508 e. The van der Waals surface area contributed by atoms with Gasteiger partial charge in [-0.2, -0.15) is 0 Å². The van der Waals surface area contributed by atoms with Crippen LogP contribution in [0.15, 0.2) is 311 Å². The molecule has 96 heavy (non-hydrogen) atoms. The zero-order valence-corrected chi connectivity index (χ0v) is 52.6. The molecule has 12 aromatic carbocycles. The van der Waals surface area contributed by atoms with Gasteiger partial charge in [0, 0.05) is 7.05 Å². The van der Waals surface area contributed by atoms with Crippen molar-refractivity contribution >= 4 is 31.9 Å². The van der Waals surface area contributed by atoms with Gasteiger partial charge < -0.3 is 29.7 Å². The van der Waals surface area contributed by atoms with E-state index in [0.717, 1.165) is 97.0 Å². The summed E-state index contributed by atoms with van der Waals surface area (Å²) in [5.41, 5.74) is 16.7. The summed E-state index contributed by atoms with van der Waals surface area (Å²) in [5, 5.41) is 18.2. The number of hydrogen-bond donors (Lipinski definition) is 4. The van der Waals surface area contributed by atoms with E-state index < -0.39 is 9.84 Å². The summed E-state index contributed by atoms with van der Waals surface area (Å²) >= 11 is 0. The summed E-state index contributed by atoms with van der Waals surface area (Å²) in [5.74, 6) is 3.70. The Balaban J connectivity index is 0.000000215. The zero-order valence-electron chi connectivity index (χ0n) is 51.8. The van der Waals surface area contributed by atoms with Crippen molar-refractivity contribution in [3.63, 3.8) is 0 Å². The number of aryl methyl sites for hydroxylation is 4. The molecule has 2 heterocycles. The van der Waals surface area contributed by atoms with Gasteiger partial charge in [0.2, 0.25) is 9.84 Å². The molecule has 13 heteroatoms. The standard InChI is InChI=1S/C47H38N2O3.C14H14O2S.C12H10O2.C7H6N2O.3CH4/c1-33-7-9-34(10-8-33)31-36-13-23-41(24-14-36)51-43-27-17-38(18-28-43)39-19-29-44(30-20-39)52-42-25-15-37(16-26-42)32-35-11-21-40(22-12-35)49-46-6-4-3-5-45(46)48(2)47(49)50;1-11-3-7-13(8-4-11)17(15,16)14-9-5-12(2)6-10-14;13-11-5-1-9(2-6-11)10-3-7-12(14)8-4-10;10-7-8-5-3-1-2-4-6(5)9-7;;;/h3-30H,31-32H2,1-2H3;3-10H,1-2H3;1-8,13-14H;1-4H,(H2,8,9,10);3*1H4. The lowest BCUT2D eigenvalue weighted by molar-refractivity contribution is 0.474. The van der Waals surface area contributed by atoms with Gasteiger partial charge in [0.25, 0.3) is 0 Å². The first-order valence-electron chi connectivity index (χ1n) is 30.3. The lowest BCUT2D eigenvalue weighted by Gasteiger charge is -2.10. The van der Waals surface area contributed by atoms with Crippen LogP contribution in [0.5, 0.6) is 34.5 Å². The number of rotatable bonds is 13. The maximum absolute atomic E-state index is 12.9. The number of imidazole rings is 2. The highest BCUT2D eigenvalue weighted by molar-refractivity contribution is 7.91. The summed E-state index contributed by atoms with van der Waals surface area (Å²) in [7, 11) is -1.56. The number of aromatic nitrogens is 4. The van der Waals surface area contributed by atoms with Crippen LogP contribution in [0.1, 0.15) is 61.2 Å². The van der Waals surface area contributed by atoms with E-state index in [-0.39, 0.29) is 45.2 Å². The van der Waals surface area contributed by atoms with Crippen molar-refractivity contribution in [2.45, 2.75) is 65.7 Å². The second-order valence-corrected chi connectivity index (χ2v) is 24.5. The van der Waals surface area contributed by atoms with Crippen LogP contribution in [-0.2, 0) is 29.7 Å². The Kier molecular flexibility index (Phi) is 23.6. The fourth-order valence-electron chi connectivity index (χ4n) is 10.4. The van der Waals surface area contributed by atoms with Gasteiger partial charge in [0.05, 0.1) is 37.5 Å². The molecule has 486 valence electrons. The monoisotopic (exact) mass is 1290 g/mol. The number of H-pyrrole nitrogens is 2. The highest BCUT2D eigenvalue weighted by Gasteiger charge is 2.17. The van der Waals surface area contributed by atoms with E-state index in [9.17, 15) is 18.0 Å². The third kappa shape index (κ3) is 17.9. The van der Waals surface area contributed by atoms with Gasteiger partial charge in [-0.15, -0.1) is 0 Å². The minimum absolute atomic E-state index is 0. The third-order valence-corrected chi connectivity index (χ3v) is 17.4. The number of phenolic OH excluding ortho intramolecular Hbond substituents is 2. The number of aromatic amines is 2. The molecule has 0 unspecified atom stereocenters. The smallest absolute Gasteiger partial charge is 0.333 e. The highest BCUT2D eigenvalue weighted by Crippen LogP contribution is 2.31. The summed E-state index contributed by atoms with van der Waals surface area (Å²) in [4.78, 5) is 29.6. The first-order valence-corrected chi connectivity index (χ1v) is 31.7. The molecule has 0 fully saturated rings. The van der Waals surface area contributed by atoms with E-state index in [0.29, 0.717) is 9.79 Å². The Morgan fingerprint density at radius 2 is 0.656 bits per heavy atom. The van der Waals surface area contributed by atoms with Crippen molar-refractivity contribution in [3.05, 3.63) is 351 Å². The molecule has 0 spiro atoms. The molecule has 0 saturated heterocycles. The Labute approximate surface area is 562 Å². The van der Waals surface area contributed by atoms with Crippen molar-refractivity contribution < 1.29 is 28.1 Å². The zero-order chi connectivity index (χ0) is 64.8. The molecule has 0 radical (unpaired) electrons. The summed E-state index contributed by atoms with van der Waals surface area (Å²) in [6.07, 6.45) is 1.69. The molecule has 12 nitrogen and oxygen atoms in total. The van der Waals surface area contributed by atoms with Crippen molar-refractivity contribution in [2.75, 3.05) is 0 Å². The van der Waals surface area contributed by atoms with Crippen LogP contribution < -0.4 is 20.9 Å². The van der Waals surface area contributed by atoms with Crippen LogP contribution in [0, 0.1) is 20.8 Å². The molecule has 0 aliphatic rings. The molecule has 0 bridgehead atoms. The second-order valence-electron chi connectivity index (χ2n) is 22.6. The van der Waals surface area contributed by atoms with E-state index in [1.807, 2.05) is 154 Å². The maximum atomic E-state index is 12.9. The third-order valence-electron chi connectivity index (χ3n) is 15.6. The van der Waals surface area contributed by atoms with Crippen LogP contribution in [-0.4, -0.2) is 37.7 Å². The average Bonchev–Trinajstić information content (AvgIpc) is 1.65. The molecule has 4 N–H and O–H groups in total.